The first-order chi connectivity index (χ1) is 9.69. The maximum atomic E-state index is 11.8. The fourth-order valence-electron chi connectivity index (χ4n) is 2.22. The van der Waals surface area contributed by atoms with Crippen molar-refractivity contribution in [2.24, 2.45) is 0 Å². The Morgan fingerprint density at radius 2 is 2.05 bits per heavy atom. The molecule has 0 aliphatic carbocycles. The summed E-state index contributed by atoms with van der Waals surface area (Å²) in [5.74, 6) is 0.0680. The predicted octanol–water partition coefficient (Wildman–Crippen LogP) is 1.49. The Bertz CT molecular complexity index is 727. The fraction of sp³-hybridized carbons (Fsp3) is 0.143. The van der Waals surface area contributed by atoms with E-state index in [1.54, 1.807) is 12.1 Å². The molecule has 3 rings (SSSR count). The largest absolute Gasteiger partial charge is 0.329 e. The van der Waals surface area contributed by atoms with Gasteiger partial charge in [0.2, 0.25) is 5.91 Å². The van der Waals surface area contributed by atoms with E-state index in [2.05, 4.69) is 10.3 Å². The summed E-state index contributed by atoms with van der Waals surface area (Å²) >= 11 is 0. The van der Waals surface area contributed by atoms with Crippen molar-refractivity contribution in [3.05, 3.63) is 36.0 Å². The Balaban J connectivity index is 2.10. The molecule has 0 unspecified atom stereocenters. The van der Waals surface area contributed by atoms with Gasteiger partial charge in [0.25, 0.3) is 0 Å². The Labute approximate surface area is 114 Å². The highest BCUT2D eigenvalue weighted by molar-refractivity contribution is 6.06. The van der Waals surface area contributed by atoms with Crippen LogP contribution in [0.1, 0.15) is 16.9 Å². The molecular formula is C14H11N3O3. The van der Waals surface area contributed by atoms with Crippen molar-refractivity contribution < 1.29 is 14.4 Å². The monoisotopic (exact) mass is 269 g/mol. The summed E-state index contributed by atoms with van der Waals surface area (Å²) in [4.78, 5) is 39.7. The number of carbonyl (C=O) groups excluding carboxylic acids is 3. The summed E-state index contributed by atoms with van der Waals surface area (Å²) in [7, 11) is 0. The molecule has 1 aromatic heterocycles. The van der Waals surface area contributed by atoms with E-state index in [0.717, 1.165) is 10.8 Å². The highest BCUT2D eigenvalue weighted by Crippen LogP contribution is 2.23. The second-order valence-electron chi connectivity index (χ2n) is 4.46. The minimum absolute atomic E-state index is 0.219. The first kappa shape index (κ1) is 12.3. The number of hydrogen-bond acceptors (Lipinski definition) is 4. The number of carbonyl (C=O) groups is 3. The Morgan fingerprint density at radius 1 is 1.25 bits per heavy atom. The van der Waals surface area contributed by atoms with Crippen LogP contribution < -0.4 is 10.2 Å². The normalized spacial score (nSPS) is 15.3. The van der Waals surface area contributed by atoms with Gasteiger partial charge < -0.3 is 0 Å². The van der Waals surface area contributed by atoms with E-state index in [-0.39, 0.29) is 24.6 Å². The summed E-state index contributed by atoms with van der Waals surface area (Å²) < 4.78 is 0. The number of nitrogens with one attached hydrogen (secondary N) is 1. The summed E-state index contributed by atoms with van der Waals surface area (Å²) in [5.41, 5.74) is 0.280. The third kappa shape index (κ3) is 2.01. The molecule has 0 radical (unpaired) electrons. The van der Waals surface area contributed by atoms with Crippen LogP contribution in [0.5, 0.6) is 0 Å². The number of fused-ring (bicyclic) bond motifs is 1. The quantitative estimate of drug-likeness (QED) is 0.838. The van der Waals surface area contributed by atoms with Gasteiger partial charge in [0.05, 0.1) is 0 Å². The first-order valence-electron chi connectivity index (χ1n) is 6.15. The Kier molecular flexibility index (Phi) is 2.90. The van der Waals surface area contributed by atoms with Crippen LogP contribution in [0.2, 0.25) is 0 Å². The number of hydrogen-bond donors (Lipinski definition) is 1. The van der Waals surface area contributed by atoms with Crippen LogP contribution in [0, 0.1) is 0 Å². The molecule has 2 heterocycles. The van der Waals surface area contributed by atoms with Gasteiger partial charge in [-0.1, -0.05) is 24.3 Å². The lowest BCUT2D eigenvalue weighted by atomic mass is 10.1. The number of rotatable bonds is 2. The molecule has 20 heavy (non-hydrogen) atoms. The zero-order chi connectivity index (χ0) is 14.1. The number of amides is 3. The average molecular weight is 269 g/mol. The van der Waals surface area contributed by atoms with Gasteiger partial charge >= 0.3 is 6.03 Å². The second kappa shape index (κ2) is 4.73. The third-order valence-electron chi connectivity index (χ3n) is 3.20. The molecule has 1 saturated heterocycles. The molecule has 6 heteroatoms. The summed E-state index contributed by atoms with van der Waals surface area (Å²) in [6.45, 7) is 0.258. The standard InChI is InChI=1S/C14H11N3O3/c18-8-11-10-4-2-1-3-9(10)7-12(15-11)17-6-5-13(19)16-14(17)20/h1-4,7-8H,5-6H2,(H,16,19,20). The average Bonchev–Trinajstić information content (AvgIpc) is 2.46. The number of urea groups is 1. The summed E-state index contributed by atoms with van der Waals surface area (Å²) in [6, 6.07) is 8.54. The van der Waals surface area contributed by atoms with Gasteiger partial charge in [0.1, 0.15) is 11.5 Å². The molecule has 1 aliphatic rings. The topological polar surface area (TPSA) is 79.4 Å². The smallest absolute Gasteiger partial charge is 0.296 e. The third-order valence-corrected chi connectivity index (χ3v) is 3.20. The van der Waals surface area contributed by atoms with Crippen LogP contribution >= 0.6 is 0 Å². The molecule has 6 nitrogen and oxygen atoms in total. The lowest BCUT2D eigenvalue weighted by Crippen LogP contribution is -2.50. The first-order valence-corrected chi connectivity index (χ1v) is 6.15. The van der Waals surface area contributed by atoms with Gasteiger partial charge in [-0.25, -0.2) is 9.78 Å². The molecule has 2 aromatic rings. The van der Waals surface area contributed by atoms with Crippen LogP contribution in [0.25, 0.3) is 10.8 Å². The number of benzene rings is 1. The molecule has 1 N–H and O–H groups in total. The van der Waals surface area contributed by atoms with Crippen LogP contribution in [0.3, 0.4) is 0 Å². The fourth-order valence-corrected chi connectivity index (χ4v) is 2.22. The summed E-state index contributed by atoms with van der Waals surface area (Å²) in [6.07, 6.45) is 0.884. The molecule has 1 aromatic carbocycles. The van der Waals surface area contributed by atoms with Crippen molar-refractivity contribution in [1.82, 2.24) is 10.3 Å². The van der Waals surface area contributed by atoms with Crippen molar-refractivity contribution in [3.63, 3.8) is 0 Å². The highest BCUT2D eigenvalue weighted by Gasteiger charge is 2.25. The molecular weight excluding hydrogens is 258 g/mol. The van der Waals surface area contributed by atoms with E-state index in [0.29, 0.717) is 12.1 Å². The molecule has 3 amide bonds. The van der Waals surface area contributed by atoms with Gasteiger partial charge in [-0.05, 0) is 11.5 Å². The van der Waals surface area contributed by atoms with Crippen molar-refractivity contribution in [1.29, 1.82) is 0 Å². The number of anilines is 1. The van der Waals surface area contributed by atoms with E-state index in [1.165, 1.54) is 4.90 Å². The molecule has 1 aliphatic heterocycles. The van der Waals surface area contributed by atoms with E-state index in [4.69, 9.17) is 0 Å². The molecule has 0 spiro atoms. The van der Waals surface area contributed by atoms with Crippen molar-refractivity contribution >= 4 is 34.8 Å². The predicted molar refractivity (Wildman–Crippen MR) is 72.6 cm³/mol. The van der Waals surface area contributed by atoms with Crippen LogP contribution in [-0.2, 0) is 4.79 Å². The van der Waals surface area contributed by atoms with Crippen LogP contribution in [0.15, 0.2) is 30.3 Å². The Morgan fingerprint density at radius 3 is 2.80 bits per heavy atom. The second-order valence-corrected chi connectivity index (χ2v) is 4.46. The number of nitrogens with zero attached hydrogens (tertiary/aromatic N) is 2. The van der Waals surface area contributed by atoms with E-state index >= 15 is 0 Å². The minimum atomic E-state index is -0.513. The molecule has 100 valence electrons. The lowest BCUT2D eigenvalue weighted by Gasteiger charge is -2.26. The Hall–Kier alpha value is -2.76. The molecule has 0 saturated carbocycles. The van der Waals surface area contributed by atoms with Crippen LogP contribution in [-0.4, -0.2) is 29.8 Å². The zero-order valence-electron chi connectivity index (χ0n) is 10.5. The SMILES string of the molecule is O=Cc1nc(N2CCC(=O)NC2=O)cc2ccccc12. The lowest BCUT2D eigenvalue weighted by molar-refractivity contribution is -0.120. The van der Waals surface area contributed by atoms with E-state index < -0.39 is 6.03 Å². The zero-order valence-corrected chi connectivity index (χ0v) is 10.5. The van der Waals surface area contributed by atoms with E-state index in [1.807, 2.05) is 18.2 Å². The van der Waals surface area contributed by atoms with Gasteiger partial charge in [-0.3, -0.25) is 19.8 Å². The maximum Gasteiger partial charge on any atom is 0.329 e. The highest BCUT2D eigenvalue weighted by atomic mass is 16.2. The molecule has 0 atom stereocenters. The van der Waals surface area contributed by atoms with Crippen LogP contribution in [0.4, 0.5) is 10.6 Å². The van der Waals surface area contributed by atoms with E-state index in [9.17, 15) is 14.4 Å². The number of imide groups is 1. The molecule has 1 fully saturated rings. The van der Waals surface area contributed by atoms with Gasteiger partial charge in [-0.2, -0.15) is 0 Å². The van der Waals surface area contributed by atoms with Gasteiger partial charge in [-0.15, -0.1) is 0 Å². The maximum absolute atomic E-state index is 11.8. The van der Waals surface area contributed by atoms with Crippen molar-refractivity contribution in [2.45, 2.75) is 6.42 Å². The van der Waals surface area contributed by atoms with Gasteiger partial charge in [0, 0.05) is 18.4 Å². The molecule has 0 bridgehead atoms. The number of aldehydes is 1. The number of pyridine rings is 1. The van der Waals surface area contributed by atoms with Gasteiger partial charge in [0.15, 0.2) is 6.29 Å². The summed E-state index contributed by atoms with van der Waals surface area (Å²) in [5, 5.41) is 3.79. The van der Waals surface area contributed by atoms with Crippen molar-refractivity contribution in [2.75, 3.05) is 11.4 Å². The number of aromatic nitrogens is 1. The minimum Gasteiger partial charge on any atom is -0.296 e. The van der Waals surface area contributed by atoms with Crippen molar-refractivity contribution in [3.8, 4) is 0 Å².